The molecule has 92 valence electrons. The van der Waals surface area contributed by atoms with Crippen molar-refractivity contribution in [3.63, 3.8) is 0 Å². The lowest BCUT2D eigenvalue weighted by molar-refractivity contribution is 0.396. The molecule has 17 heavy (non-hydrogen) atoms. The van der Waals surface area contributed by atoms with Crippen LogP contribution in [0.5, 0.6) is 5.88 Å². The lowest BCUT2D eigenvalue weighted by Gasteiger charge is -2.25. The van der Waals surface area contributed by atoms with Crippen molar-refractivity contribution >= 4 is 5.82 Å². The van der Waals surface area contributed by atoms with Crippen LogP contribution in [-0.4, -0.2) is 42.3 Å². The molecule has 0 radical (unpaired) electrons. The first-order valence-corrected chi connectivity index (χ1v) is 6.22. The van der Waals surface area contributed by atoms with Gasteiger partial charge >= 0.3 is 0 Å². The number of rotatable bonds is 2. The van der Waals surface area contributed by atoms with Crippen molar-refractivity contribution in [2.75, 3.05) is 25.1 Å². The molecule has 2 fully saturated rings. The number of fused-ring (bicyclic) bond motifs is 2. The molecule has 2 bridgehead atoms. The largest absolute Gasteiger partial charge is 0.481 e. The van der Waals surface area contributed by atoms with Crippen molar-refractivity contribution in [2.45, 2.75) is 31.3 Å². The van der Waals surface area contributed by atoms with E-state index in [1.54, 1.807) is 13.4 Å². The van der Waals surface area contributed by atoms with E-state index in [-0.39, 0.29) is 0 Å². The maximum Gasteiger partial charge on any atom is 0.218 e. The summed E-state index contributed by atoms with van der Waals surface area (Å²) in [6, 6.07) is 3.23. The van der Waals surface area contributed by atoms with Crippen LogP contribution in [0.4, 0.5) is 5.82 Å². The van der Waals surface area contributed by atoms with Gasteiger partial charge in [0.1, 0.15) is 12.1 Å². The molecule has 3 rings (SSSR count). The predicted octanol–water partition coefficient (Wildman–Crippen LogP) is 0.816. The molecule has 0 spiro atoms. The zero-order valence-corrected chi connectivity index (χ0v) is 10.1. The Morgan fingerprint density at radius 3 is 3.06 bits per heavy atom. The van der Waals surface area contributed by atoms with E-state index in [1.165, 1.54) is 19.3 Å². The topological polar surface area (TPSA) is 50.3 Å². The van der Waals surface area contributed by atoms with Crippen LogP contribution < -0.4 is 15.0 Å². The highest BCUT2D eigenvalue weighted by Crippen LogP contribution is 2.24. The monoisotopic (exact) mass is 234 g/mol. The van der Waals surface area contributed by atoms with Gasteiger partial charge < -0.3 is 15.0 Å². The SMILES string of the molecule is COc1cc(N2CCC3CCC(C2)N3)ncn1. The van der Waals surface area contributed by atoms with Gasteiger partial charge in [0, 0.05) is 31.2 Å². The summed E-state index contributed by atoms with van der Waals surface area (Å²) in [4.78, 5) is 10.7. The van der Waals surface area contributed by atoms with Crippen LogP contribution in [0.1, 0.15) is 19.3 Å². The number of nitrogens with one attached hydrogen (secondary N) is 1. The number of nitrogens with zero attached hydrogens (tertiary/aromatic N) is 3. The Labute approximate surface area is 101 Å². The van der Waals surface area contributed by atoms with E-state index in [4.69, 9.17) is 4.74 Å². The van der Waals surface area contributed by atoms with Crippen molar-refractivity contribution in [3.05, 3.63) is 12.4 Å². The minimum atomic E-state index is 0.614. The standard InChI is InChI=1S/C12H18N4O/c1-17-12-6-11(13-8-14-12)16-5-4-9-2-3-10(7-16)15-9/h6,8-10,15H,2-5,7H2,1H3. The van der Waals surface area contributed by atoms with Gasteiger partial charge in [0.05, 0.1) is 7.11 Å². The Morgan fingerprint density at radius 2 is 2.18 bits per heavy atom. The Kier molecular flexibility index (Phi) is 2.84. The van der Waals surface area contributed by atoms with Crippen molar-refractivity contribution in [2.24, 2.45) is 0 Å². The van der Waals surface area contributed by atoms with Crippen LogP contribution in [0.2, 0.25) is 0 Å². The third kappa shape index (κ3) is 2.20. The number of hydrogen-bond acceptors (Lipinski definition) is 5. The Hall–Kier alpha value is -1.36. The first kappa shape index (κ1) is 10.8. The van der Waals surface area contributed by atoms with Crippen LogP contribution in [0.25, 0.3) is 0 Å². The van der Waals surface area contributed by atoms with Crippen LogP contribution in [-0.2, 0) is 0 Å². The Balaban J connectivity index is 1.78. The number of methoxy groups -OCH3 is 1. The molecule has 2 saturated heterocycles. The molecule has 2 aliphatic heterocycles. The minimum absolute atomic E-state index is 0.614. The van der Waals surface area contributed by atoms with E-state index in [1.807, 2.05) is 6.07 Å². The fourth-order valence-electron chi connectivity index (χ4n) is 2.77. The number of ether oxygens (including phenoxy) is 1. The third-order valence-electron chi connectivity index (χ3n) is 3.68. The molecule has 5 heteroatoms. The summed E-state index contributed by atoms with van der Waals surface area (Å²) < 4.78 is 5.15. The molecule has 0 aliphatic carbocycles. The average Bonchev–Trinajstić information content (AvgIpc) is 2.69. The second-order valence-corrected chi connectivity index (χ2v) is 4.79. The van der Waals surface area contributed by atoms with Crippen molar-refractivity contribution in [3.8, 4) is 5.88 Å². The highest BCUT2D eigenvalue weighted by Gasteiger charge is 2.29. The van der Waals surface area contributed by atoms with Crippen LogP contribution >= 0.6 is 0 Å². The van der Waals surface area contributed by atoms with Gasteiger partial charge in [-0.15, -0.1) is 0 Å². The second kappa shape index (κ2) is 4.49. The highest BCUT2D eigenvalue weighted by atomic mass is 16.5. The zero-order chi connectivity index (χ0) is 11.7. The smallest absolute Gasteiger partial charge is 0.218 e. The van der Waals surface area contributed by atoms with Gasteiger partial charge in [-0.2, -0.15) is 0 Å². The van der Waals surface area contributed by atoms with E-state index in [2.05, 4.69) is 20.2 Å². The van der Waals surface area contributed by atoms with Gasteiger partial charge in [0.15, 0.2) is 0 Å². The number of anilines is 1. The normalized spacial score (nSPS) is 27.9. The molecule has 3 heterocycles. The van der Waals surface area contributed by atoms with Gasteiger partial charge in [-0.05, 0) is 19.3 Å². The summed E-state index contributed by atoms with van der Waals surface area (Å²) in [5, 5.41) is 3.66. The molecule has 0 saturated carbocycles. The first-order chi connectivity index (χ1) is 8.35. The molecule has 1 aromatic heterocycles. The summed E-state index contributed by atoms with van der Waals surface area (Å²) in [7, 11) is 1.64. The lowest BCUT2D eigenvalue weighted by Crippen LogP contribution is -2.35. The molecule has 5 nitrogen and oxygen atoms in total. The lowest BCUT2D eigenvalue weighted by atomic mass is 10.1. The Bertz CT molecular complexity index is 398. The fourth-order valence-corrected chi connectivity index (χ4v) is 2.77. The van der Waals surface area contributed by atoms with Gasteiger partial charge in [-0.3, -0.25) is 0 Å². The van der Waals surface area contributed by atoms with E-state index in [0.717, 1.165) is 18.9 Å². The van der Waals surface area contributed by atoms with Gasteiger partial charge in [0.25, 0.3) is 0 Å². The number of aromatic nitrogens is 2. The summed E-state index contributed by atoms with van der Waals surface area (Å²) in [6.45, 7) is 2.10. The maximum absolute atomic E-state index is 5.15. The minimum Gasteiger partial charge on any atom is -0.481 e. The van der Waals surface area contributed by atoms with Crippen molar-refractivity contribution in [1.29, 1.82) is 0 Å². The molecular formula is C12H18N4O. The summed E-state index contributed by atoms with van der Waals surface area (Å²) in [6.07, 6.45) is 5.38. The average molecular weight is 234 g/mol. The van der Waals surface area contributed by atoms with E-state index in [0.29, 0.717) is 18.0 Å². The van der Waals surface area contributed by atoms with Crippen LogP contribution in [0.3, 0.4) is 0 Å². The van der Waals surface area contributed by atoms with E-state index < -0.39 is 0 Å². The van der Waals surface area contributed by atoms with Gasteiger partial charge in [-0.25, -0.2) is 9.97 Å². The molecule has 2 atom stereocenters. The van der Waals surface area contributed by atoms with Gasteiger partial charge in [-0.1, -0.05) is 0 Å². The van der Waals surface area contributed by atoms with Gasteiger partial charge in [0.2, 0.25) is 5.88 Å². The molecule has 1 aromatic rings. The fraction of sp³-hybridized carbons (Fsp3) is 0.667. The summed E-state index contributed by atoms with van der Waals surface area (Å²) in [5.41, 5.74) is 0. The predicted molar refractivity (Wildman–Crippen MR) is 65.4 cm³/mol. The van der Waals surface area contributed by atoms with Crippen molar-refractivity contribution < 1.29 is 4.74 Å². The number of hydrogen-bond donors (Lipinski definition) is 1. The van der Waals surface area contributed by atoms with Crippen LogP contribution in [0, 0.1) is 0 Å². The van der Waals surface area contributed by atoms with Crippen molar-refractivity contribution in [1.82, 2.24) is 15.3 Å². The highest BCUT2D eigenvalue weighted by molar-refractivity contribution is 5.41. The van der Waals surface area contributed by atoms with E-state index >= 15 is 0 Å². The molecule has 2 aliphatic rings. The summed E-state index contributed by atoms with van der Waals surface area (Å²) in [5.74, 6) is 1.61. The summed E-state index contributed by atoms with van der Waals surface area (Å²) >= 11 is 0. The molecule has 0 amide bonds. The molecule has 0 aromatic carbocycles. The second-order valence-electron chi connectivity index (χ2n) is 4.79. The molecule has 2 unspecified atom stereocenters. The quantitative estimate of drug-likeness (QED) is 0.821. The van der Waals surface area contributed by atoms with E-state index in [9.17, 15) is 0 Å². The zero-order valence-electron chi connectivity index (χ0n) is 10.1. The third-order valence-corrected chi connectivity index (χ3v) is 3.68. The molecular weight excluding hydrogens is 216 g/mol. The first-order valence-electron chi connectivity index (χ1n) is 6.22. The molecule has 1 N–H and O–H groups in total. The Morgan fingerprint density at radius 1 is 1.29 bits per heavy atom. The maximum atomic E-state index is 5.15. The van der Waals surface area contributed by atoms with Crippen LogP contribution in [0.15, 0.2) is 12.4 Å².